The topological polar surface area (TPSA) is 54.4 Å². The van der Waals surface area contributed by atoms with Gasteiger partial charge in [-0.1, -0.05) is 0 Å². The molecule has 0 radical (unpaired) electrons. The molecular formula is C7H8O3. The Hall–Kier alpha value is -1.12. The van der Waals surface area contributed by atoms with Crippen molar-refractivity contribution in [2.24, 2.45) is 0 Å². The van der Waals surface area contributed by atoms with Crippen molar-refractivity contribution in [2.45, 2.75) is 19.8 Å². The van der Waals surface area contributed by atoms with Crippen molar-refractivity contribution in [3.8, 4) is 0 Å². The van der Waals surface area contributed by atoms with E-state index < -0.39 is 5.97 Å². The van der Waals surface area contributed by atoms with Crippen LogP contribution in [0.3, 0.4) is 0 Å². The Balaban J connectivity index is 2.96. The third-order valence-corrected chi connectivity index (χ3v) is 1.73. The Kier molecular flexibility index (Phi) is 1.57. The number of Topliss-reactive ketones (excluding diaryl/α,β-unsaturated/α-hetero) is 1. The van der Waals surface area contributed by atoms with Crippen molar-refractivity contribution < 1.29 is 14.7 Å². The summed E-state index contributed by atoms with van der Waals surface area (Å²) in [4.78, 5) is 21.1. The second-order valence-corrected chi connectivity index (χ2v) is 2.33. The van der Waals surface area contributed by atoms with Crippen molar-refractivity contribution in [3.63, 3.8) is 0 Å². The third kappa shape index (κ3) is 0.943. The van der Waals surface area contributed by atoms with Gasteiger partial charge in [0.15, 0.2) is 5.78 Å². The quantitative estimate of drug-likeness (QED) is 0.584. The van der Waals surface area contributed by atoms with Crippen LogP contribution >= 0.6 is 0 Å². The van der Waals surface area contributed by atoms with Crippen LogP contribution in [0.15, 0.2) is 11.1 Å². The van der Waals surface area contributed by atoms with E-state index in [0.29, 0.717) is 18.4 Å². The number of aliphatic carboxylic acids is 1. The first-order valence-corrected chi connectivity index (χ1v) is 3.09. The van der Waals surface area contributed by atoms with Gasteiger partial charge in [-0.05, 0) is 13.3 Å². The minimum absolute atomic E-state index is 0.0302. The molecule has 0 aromatic carbocycles. The molecule has 1 aliphatic carbocycles. The molecule has 0 saturated carbocycles. The molecule has 54 valence electrons. The van der Waals surface area contributed by atoms with E-state index >= 15 is 0 Å². The van der Waals surface area contributed by atoms with E-state index in [0.717, 1.165) is 0 Å². The average molecular weight is 140 g/mol. The Morgan fingerprint density at radius 2 is 2.10 bits per heavy atom. The maximum Gasteiger partial charge on any atom is 0.331 e. The van der Waals surface area contributed by atoms with Gasteiger partial charge in [-0.15, -0.1) is 0 Å². The molecule has 0 unspecified atom stereocenters. The molecule has 0 aromatic heterocycles. The minimum atomic E-state index is -0.955. The molecule has 10 heavy (non-hydrogen) atoms. The number of carbonyl (C=O) groups excluding carboxylic acids is 1. The van der Waals surface area contributed by atoms with Gasteiger partial charge in [0, 0.05) is 17.6 Å². The molecular weight excluding hydrogens is 132 g/mol. The fraction of sp³-hybridized carbons (Fsp3) is 0.429. The van der Waals surface area contributed by atoms with Crippen LogP contribution in [0, 0.1) is 0 Å². The third-order valence-electron chi connectivity index (χ3n) is 1.73. The van der Waals surface area contributed by atoms with Crippen molar-refractivity contribution >= 4 is 11.8 Å². The van der Waals surface area contributed by atoms with Crippen molar-refractivity contribution in [2.75, 3.05) is 0 Å². The lowest BCUT2D eigenvalue weighted by atomic mass is 10.2. The van der Waals surface area contributed by atoms with Crippen molar-refractivity contribution in [1.82, 2.24) is 0 Å². The second kappa shape index (κ2) is 2.25. The number of hydrogen-bond donors (Lipinski definition) is 1. The highest BCUT2D eigenvalue weighted by atomic mass is 16.4. The average Bonchev–Trinajstić information content (AvgIpc) is 2.14. The van der Waals surface area contributed by atoms with E-state index in [9.17, 15) is 9.59 Å². The first-order valence-electron chi connectivity index (χ1n) is 3.09. The van der Waals surface area contributed by atoms with Gasteiger partial charge in [-0.3, -0.25) is 4.79 Å². The summed E-state index contributed by atoms with van der Waals surface area (Å²) in [7, 11) is 0. The maximum absolute atomic E-state index is 10.8. The van der Waals surface area contributed by atoms with E-state index in [2.05, 4.69) is 0 Å². The van der Waals surface area contributed by atoms with Crippen LogP contribution < -0.4 is 0 Å². The molecule has 1 rings (SSSR count). The number of ketones is 1. The van der Waals surface area contributed by atoms with Gasteiger partial charge in [-0.2, -0.15) is 0 Å². The first kappa shape index (κ1) is 6.99. The van der Waals surface area contributed by atoms with E-state index in [-0.39, 0.29) is 11.4 Å². The molecule has 0 heterocycles. The van der Waals surface area contributed by atoms with Crippen LogP contribution in [0.2, 0.25) is 0 Å². The largest absolute Gasteiger partial charge is 0.478 e. The molecule has 0 aromatic rings. The summed E-state index contributed by atoms with van der Waals surface area (Å²) in [5.74, 6) is -0.985. The Morgan fingerprint density at radius 1 is 1.50 bits per heavy atom. The normalized spacial score (nSPS) is 18.3. The van der Waals surface area contributed by atoms with Gasteiger partial charge in [0.1, 0.15) is 0 Å². The fourth-order valence-corrected chi connectivity index (χ4v) is 1.05. The van der Waals surface area contributed by atoms with Gasteiger partial charge in [0.2, 0.25) is 0 Å². The first-order chi connectivity index (χ1) is 4.63. The maximum atomic E-state index is 10.8. The molecule has 0 spiro atoms. The van der Waals surface area contributed by atoms with Crippen LogP contribution in [-0.4, -0.2) is 16.9 Å². The smallest absolute Gasteiger partial charge is 0.331 e. The number of allylic oxidation sites excluding steroid dienone is 1. The standard InChI is InChI=1S/C7H8O3/c1-4-5(7(9)10)2-3-6(4)8/h2-3H2,1H3,(H,9,10). The second-order valence-electron chi connectivity index (χ2n) is 2.33. The Bertz CT molecular complexity index is 225. The monoisotopic (exact) mass is 140 g/mol. The molecule has 3 nitrogen and oxygen atoms in total. The molecule has 1 N–H and O–H groups in total. The number of carboxylic acid groups (broad SMARTS) is 1. The van der Waals surface area contributed by atoms with E-state index in [1.54, 1.807) is 6.92 Å². The van der Waals surface area contributed by atoms with E-state index in [4.69, 9.17) is 5.11 Å². The van der Waals surface area contributed by atoms with Gasteiger partial charge in [-0.25, -0.2) is 4.79 Å². The molecule has 1 aliphatic rings. The summed E-state index contributed by atoms with van der Waals surface area (Å²) in [5, 5.41) is 8.49. The Morgan fingerprint density at radius 3 is 2.30 bits per heavy atom. The summed E-state index contributed by atoms with van der Waals surface area (Å²) in [5.41, 5.74) is 0.706. The number of hydrogen-bond acceptors (Lipinski definition) is 2. The van der Waals surface area contributed by atoms with Crippen LogP contribution in [0.1, 0.15) is 19.8 Å². The summed E-state index contributed by atoms with van der Waals surface area (Å²) >= 11 is 0. The SMILES string of the molecule is CC1=C(C(=O)O)CCC1=O. The molecule has 0 fully saturated rings. The summed E-state index contributed by atoms with van der Waals surface area (Å²) in [6, 6.07) is 0. The number of carbonyl (C=O) groups is 2. The zero-order valence-corrected chi connectivity index (χ0v) is 5.68. The van der Waals surface area contributed by atoms with Crippen molar-refractivity contribution in [3.05, 3.63) is 11.1 Å². The van der Waals surface area contributed by atoms with Crippen LogP contribution in [0.5, 0.6) is 0 Å². The molecule has 0 saturated heterocycles. The fourth-order valence-electron chi connectivity index (χ4n) is 1.05. The van der Waals surface area contributed by atoms with Crippen LogP contribution in [0.25, 0.3) is 0 Å². The lowest BCUT2D eigenvalue weighted by Crippen LogP contribution is -1.99. The van der Waals surface area contributed by atoms with Gasteiger partial charge in [0.05, 0.1) is 0 Å². The zero-order chi connectivity index (χ0) is 7.72. The highest BCUT2D eigenvalue weighted by Gasteiger charge is 2.23. The summed E-state index contributed by atoms with van der Waals surface area (Å²) < 4.78 is 0. The lowest BCUT2D eigenvalue weighted by Gasteiger charge is -1.91. The molecule has 0 amide bonds. The van der Waals surface area contributed by atoms with Crippen molar-refractivity contribution in [1.29, 1.82) is 0 Å². The molecule has 0 aliphatic heterocycles. The highest BCUT2D eigenvalue weighted by Crippen LogP contribution is 2.21. The van der Waals surface area contributed by atoms with Crippen LogP contribution in [-0.2, 0) is 9.59 Å². The minimum Gasteiger partial charge on any atom is -0.478 e. The van der Waals surface area contributed by atoms with E-state index in [1.165, 1.54) is 0 Å². The molecule has 0 bridgehead atoms. The van der Waals surface area contributed by atoms with Gasteiger partial charge < -0.3 is 5.11 Å². The summed E-state index contributed by atoms with van der Waals surface area (Å²) in [6.07, 6.45) is 0.771. The highest BCUT2D eigenvalue weighted by molar-refractivity contribution is 6.06. The number of rotatable bonds is 1. The van der Waals surface area contributed by atoms with E-state index in [1.807, 2.05) is 0 Å². The summed E-state index contributed by atoms with van der Waals surface area (Å²) in [6.45, 7) is 1.57. The zero-order valence-electron chi connectivity index (χ0n) is 5.68. The molecule has 3 heteroatoms. The Labute approximate surface area is 58.4 Å². The number of carboxylic acids is 1. The predicted octanol–water partition coefficient (Wildman–Crippen LogP) is 0.750. The molecule has 0 atom stereocenters. The van der Waals surface area contributed by atoms with Gasteiger partial charge >= 0.3 is 5.97 Å². The van der Waals surface area contributed by atoms with Crippen LogP contribution in [0.4, 0.5) is 0 Å². The lowest BCUT2D eigenvalue weighted by molar-refractivity contribution is -0.132. The van der Waals surface area contributed by atoms with Gasteiger partial charge in [0.25, 0.3) is 0 Å². The predicted molar refractivity (Wildman–Crippen MR) is 34.6 cm³/mol.